The fraction of sp³-hybridized carbons (Fsp3) is 0.308. The summed E-state index contributed by atoms with van der Waals surface area (Å²) in [6, 6.07) is 8.36. The van der Waals surface area contributed by atoms with Gasteiger partial charge < -0.3 is 16.4 Å². The lowest BCUT2D eigenvalue weighted by molar-refractivity contribution is -0.118. The zero-order valence-electron chi connectivity index (χ0n) is 10.8. The van der Waals surface area contributed by atoms with E-state index in [0.717, 1.165) is 5.69 Å². The molecule has 106 valence electrons. The highest BCUT2D eigenvalue weighted by Crippen LogP contribution is 2.20. The maximum atomic E-state index is 12.3. The van der Waals surface area contributed by atoms with Crippen LogP contribution < -0.4 is 21.3 Å². The highest BCUT2D eigenvalue weighted by atomic mass is 32.1. The maximum absolute atomic E-state index is 12.3. The Balaban J connectivity index is 1.94. The SMILES string of the molecule is NC(=O)NCCCC1NC(=S)N(c2ccccc2)C1=O. The van der Waals surface area contributed by atoms with Crippen LogP contribution >= 0.6 is 12.2 Å². The molecule has 6 nitrogen and oxygen atoms in total. The standard InChI is InChI=1S/C13H16N4O2S/c14-12(19)15-8-4-7-10-11(18)17(13(20)16-10)9-5-2-1-3-6-9/h1-3,5-6,10H,4,7-8H2,(H,16,20)(H3,14,15,19). The molecule has 4 N–H and O–H groups in total. The Kier molecular flexibility index (Phi) is 4.52. The van der Waals surface area contributed by atoms with Gasteiger partial charge in [-0.3, -0.25) is 9.69 Å². The number of rotatable bonds is 5. The van der Waals surface area contributed by atoms with Crippen molar-refractivity contribution in [2.75, 3.05) is 11.4 Å². The van der Waals surface area contributed by atoms with Gasteiger partial charge in [0.15, 0.2) is 5.11 Å². The molecule has 0 aliphatic carbocycles. The summed E-state index contributed by atoms with van der Waals surface area (Å²) >= 11 is 5.20. The number of amides is 3. The molecule has 1 unspecified atom stereocenters. The van der Waals surface area contributed by atoms with E-state index in [1.54, 1.807) is 0 Å². The average Bonchev–Trinajstić information content (AvgIpc) is 2.70. The van der Waals surface area contributed by atoms with Gasteiger partial charge in [0.2, 0.25) is 0 Å². The Morgan fingerprint density at radius 2 is 2.10 bits per heavy atom. The van der Waals surface area contributed by atoms with Crippen molar-refractivity contribution in [3.05, 3.63) is 30.3 Å². The number of carbonyl (C=O) groups is 2. The monoisotopic (exact) mass is 292 g/mol. The molecule has 0 aromatic heterocycles. The van der Waals surface area contributed by atoms with Crippen LogP contribution in [0.3, 0.4) is 0 Å². The smallest absolute Gasteiger partial charge is 0.312 e. The Morgan fingerprint density at radius 1 is 1.40 bits per heavy atom. The minimum atomic E-state index is -0.558. The van der Waals surface area contributed by atoms with E-state index in [0.29, 0.717) is 24.5 Å². The van der Waals surface area contributed by atoms with Crippen molar-refractivity contribution in [1.29, 1.82) is 0 Å². The highest BCUT2D eigenvalue weighted by molar-refractivity contribution is 7.80. The number of benzene rings is 1. The summed E-state index contributed by atoms with van der Waals surface area (Å²) in [6.45, 7) is 0.443. The second kappa shape index (κ2) is 6.33. The van der Waals surface area contributed by atoms with Gasteiger partial charge in [-0.1, -0.05) is 18.2 Å². The molecule has 20 heavy (non-hydrogen) atoms. The predicted octanol–water partition coefficient (Wildman–Crippen LogP) is 0.725. The predicted molar refractivity (Wildman–Crippen MR) is 80.3 cm³/mol. The molecule has 2 rings (SSSR count). The van der Waals surface area contributed by atoms with Gasteiger partial charge in [0.25, 0.3) is 5.91 Å². The van der Waals surface area contributed by atoms with Crippen molar-refractivity contribution in [2.24, 2.45) is 5.73 Å². The quantitative estimate of drug-likeness (QED) is 0.551. The van der Waals surface area contributed by atoms with Gasteiger partial charge in [-0.05, 0) is 37.2 Å². The van der Waals surface area contributed by atoms with Gasteiger partial charge in [0.1, 0.15) is 6.04 Å². The molecule has 7 heteroatoms. The first kappa shape index (κ1) is 14.3. The lowest BCUT2D eigenvalue weighted by Gasteiger charge is -2.14. The van der Waals surface area contributed by atoms with Gasteiger partial charge in [-0.2, -0.15) is 0 Å². The van der Waals surface area contributed by atoms with Crippen LogP contribution in [0, 0.1) is 0 Å². The second-order valence-electron chi connectivity index (χ2n) is 4.44. The number of hydrogen-bond acceptors (Lipinski definition) is 3. The number of hydrogen-bond donors (Lipinski definition) is 3. The fourth-order valence-electron chi connectivity index (χ4n) is 2.07. The third kappa shape index (κ3) is 3.24. The first-order valence-corrected chi connectivity index (χ1v) is 6.73. The largest absolute Gasteiger partial charge is 0.352 e. The van der Waals surface area contributed by atoms with E-state index in [2.05, 4.69) is 10.6 Å². The van der Waals surface area contributed by atoms with Gasteiger partial charge in [0, 0.05) is 6.54 Å². The number of primary amides is 1. The minimum Gasteiger partial charge on any atom is -0.352 e. The van der Waals surface area contributed by atoms with Crippen molar-refractivity contribution in [3.63, 3.8) is 0 Å². The Morgan fingerprint density at radius 3 is 2.75 bits per heavy atom. The Labute approximate surface area is 122 Å². The molecule has 1 atom stereocenters. The number of para-hydroxylation sites is 1. The summed E-state index contributed by atoms with van der Waals surface area (Å²) in [5, 5.41) is 5.91. The molecular weight excluding hydrogens is 276 g/mol. The average molecular weight is 292 g/mol. The summed E-state index contributed by atoms with van der Waals surface area (Å²) in [4.78, 5) is 24.4. The maximum Gasteiger partial charge on any atom is 0.312 e. The zero-order chi connectivity index (χ0) is 14.5. The molecule has 1 saturated heterocycles. The van der Waals surface area contributed by atoms with E-state index in [4.69, 9.17) is 18.0 Å². The molecule has 0 spiro atoms. The third-order valence-corrected chi connectivity index (χ3v) is 3.30. The van der Waals surface area contributed by atoms with Crippen molar-refractivity contribution in [3.8, 4) is 0 Å². The van der Waals surface area contributed by atoms with E-state index in [1.807, 2.05) is 30.3 Å². The number of urea groups is 1. The van der Waals surface area contributed by atoms with Crippen LogP contribution in [0.4, 0.5) is 10.5 Å². The number of thiocarbonyl (C=S) groups is 1. The molecule has 0 radical (unpaired) electrons. The number of nitrogens with one attached hydrogen (secondary N) is 2. The highest BCUT2D eigenvalue weighted by Gasteiger charge is 2.35. The summed E-state index contributed by atoms with van der Waals surface area (Å²) in [5.41, 5.74) is 5.73. The van der Waals surface area contributed by atoms with E-state index < -0.39 is 6.03 Å². The number of carbonyl (C=O) groups excluding carboxylic acids is 2. The van der Waals surface area contributed by atoms with Gasteiger partial charge in [-0.25, -0.2) is 4.79 Å². The Bertz CT molecular complexity index is 520. The zero-order valence-corrected chi connectivity index (χ0v) is 11.7. The molecule has 1 aliphatic rings. The molecule has 3 amide bonds. The molecule has 1 heterocycles. The topological polar surface area (TPSA) is 87.5 Å². The normalized spacial score (nSPS) is 18.0. The molecule has 0 saturated carbocycles. The Hall–Kier alpha value is -2.15. The fourth-order valence-corrected chi connectivity index (χ4v) is 2.40. The van der Waals surface area contributed by atoms with E-state index in [9.17, 15) is 9.59 Å². The minimum absolute atomic E-state index is 0.0692. The molecule has 0 bridgehead atoms. The van der Waals surface area contributed by atoms with Crippen LogP contribution in [0.1, 0.15) is 12.8 Å². The van der Waals surface area contributed by atoms with Crippen LogP contribution in [-0.2, 0) is 4.79 Å². The number of nitrogens with two attached hydrogens (primary N) is 1. The number of anilines is 1. The summed E-state index contributed by atoms with van der Waals surface area (Å²) in [7, 11) is 0. The van der Waals surface area contributed by atoms with Crippen LogP contribution in [0.25, 0.3) is 0 Å². The van der Waals surface area contributed by atoms with Crippen molar-refractivity contribution in [2.45, 2.75) is 18.9 Å². The summed E-state index contributed by atoms with van der Waals surface area (Å²) in [5.74, 6) is -0.0692. The summed E-state index contributed by atoms with van der Waals surface area (Å²) < 4.78 is 0. The van der Waals surface area contributed by atoms with Gasteiger partial charge >= 0.3 is 6.03 Å². The van der Waals surface area contributed by atoms with Crippen LogP contribution in [0.2, 0.25) is 0 Å². The first-order valence-electron chi connectivity index (χ1n) is 6.32. The van der Waals surface area contributed by atoms with E-state index in [-0.39, 0.29) is 11.9 Å². The molecular formula is C13H16N4O2S. The van der Waals surface area contributed by atoms with Crippen molar-refractivity contribution >= 4 is 35.0 Å². The van der Waals surface area contributed by atoms with Crippen LogP contribution in [0.15, 0.2) is 30.3 Å². The molecule has 1 fully saturated rings. The van der Waals surface area contributed by atoms with Gasteiger partial charge in [-0.15, -0.1) is 0 Å². The van der Waals surface area contributed by atoms with Crippen molar-refractivity contribution < 1.29 is 9.59 Å². The number of nitrogens with zero attached hydrogens (tertiary/aromatic N) is 1. The molecule has 1 aromatic carbocycles. The lowest BCUT2D eigenvalue weighted by atomic mass is 10.1. The first-order chi connectivity index (χ1) is 9.59. The third-order valence-electron chi connectivity index (χ3n) is 3.00. The van der Waals surface area contributed by atoms with E-state index >= 15 is 0 Å². The van der Waals surface area contributed by atoms with E-state index in [1.165, 1.54) is 4.90 Å². The molecule has 1 aliphatic heterocycles. The lowest BCUT2D eigenvalue weighted by Crippen LogP contribution is -2.33. The molecule has 1 aromatic rings. The second-order valence-corrected chi connectivity index (χ2v) is 4.83. The van der Waals surface area contributed by atoms with Gasteiger partial charge in [0.05, 0.1) is 5.69 Å². The van der Waals surface area contributed by atoms with Crippen LogP contribution in [0.5, 0.6) is 0 Å². The summed E-state index contributed by atoms with van der Waals surface area (Å²) in [6.07, 6.45) is 1.24. The van der Waals surface area contributed by atoms with Crippen LogP contribution in [-0.4, -0.2) is 29.6 Å². The van der Waals surface area contributed by atoms with Crippen molar-refractivity contribution in [1.82, 2.24) is 10.6 Å².